The highest BCUT2D eigenvalue weighted by molar-refractivity contribution is 7.63. The normalized spacial score (nSPS) is 12.9. The monoisotopic (exact) mass is 429 g/mol. The van der Waals surface area contributed by atoms with Crippen LogP contribution in [0.4, 0.5) is 0 Å². The van der Waals surface area contributed by atoms with Crippen LogP contribution in [0.1, 0.15) is 87.0 Å². The van der Waals surface area contributed by atoms with Gasteiger partial charge in [-0.25, -0.2) is 4.57 Å². The summed E-state index contributed by atoms with van der Waals surface area (Å²) in [6, 6.07) is 0. The first-order valence-corrected chi connectivity index (χ1v) is 13.3. The van der Waals surface area contributed by atoms with E-state index in [0.29, 0.717) is 19.8 Å². The third-order valence-electron chi connectivity index (χ3n) is 3.16. The Bertz CT molecular complexity index is 423. The molecule has 0 rings (SSSR count). The third kappa shape index (κ3) is 13.2. The maximum Gasteiger partial charge on any atom is 0.458 e. The molecule has 0 aliphatic rings. The smallest absolute Gasteiger partial charge is 0.302 e. The quantitative estimate of drug-likeness (QED) is 0.178. The van der Waals surface area contributed by atoms with Crippen LogP contribution in [0.25, 0.3) is 0 Å². The first-order valence-electron chi connectivity index (χ1n) is 10.3. The van der Waals surface area contributed by atoms with E-state index in [1.54, 1.807) is 27.7 Å². The molecule has 0 aromatic carbocycles. The second-order valence-electron chi connectivity index (χ2n) is 6.90. The van der Waals surface area contributed by atoms with Gasteiger partial charge in [-0.3, -0.25) is 9.05 Å². The lowest BCUT2D eigenvalue weighted by Crippen LogP contribution is -2.09. The van der Waals surface area contributed by atoms with Crippen molar-refractivity contribution in [1.82, 2.24) is 0 Å². The fraction of sp³-hybridized carbons (Fsp3) is 1.00. The first-order chi connectivity index (χ1) is 12.7. The number of rotatable bonds is 17. The Morgan fingerprint density at radius 2 is 1.04 bits per heavy atom. The van der Waals surface area contributed by atoms with Gasteiger partial charge in [0, 0.05) is 0 Å². The highest BCUT2D eigenvalue weighted by atomic mass is 31.2. The van der Waals surface area contributed by atoms with Crippen molar-refractivity contribution in [2.75, 3.05) is 19.8 Å². The fourth-order valence-corrected chi connectivity index (χ4v) is 6.34. The summed E-state index contributed by atoms with van der Waals surface area (Å²) in [6.45, 7) is 14.7. The molecule has 0 saturated carbocycles. The fourth-order valence-electron chi connectivity index (χ4n) is 1.90. The molecule has 0 radical (unpaired) electrons. The van der Waals surface area contributed by atoms with Crippen LogP contribution in [0.5, 0.6) is 0 Å². The van der Waals surface area contributed by atoms with Crippen LogP contribution in [-0.4, -0.2) is 32.0 Å². The topological polar surface area (TPSA) is 75.6 Å². The Hall–Kier alpha value is 0.260. The van der Waals surface area contributed by atoms with Gasteiger partial charge in [0.2, 0.25) is 0 Å². The van der Waals surface area contributed by atoms with Crippen molar-refractivity contribution in [2.45, 2.75) is 99.2 Å². The second kappa shape index (κ2) is 15.1. The van der Waals surface area contributed by atoms with E-state index in [-0.39, 0.29) is 12.2 Å². The van der Waals surface area contributed by atoms with Gasteiger partial charge in [0.25, 0.3) is 0 Å². The summed E-state index contributed by atoms with van der Waals surface area (Å²) in [6.07, 6.45) is 4.78. The van der Waals surface area contributed by atoms with Gasteiger partial charge in [0.05, 0.1) is 32.0 Å². The van der Waals surface area contributed by atoms with E-state index in [0.717, 1.165) is 38.5 Å². The summed E-state index contributed by atoms with van der Waals surface area (Å²) < 4.78 is 46.8. The van der Waals surface area contributed by atoms with Crippen molar-refractivity contribution in [1.29, 1.82) is 0 Å². The van der Waals surface area contributed by atoms with E-state index in [2.05, 4.69) is 25.3 Å². The molecule has 0 heterocycles. The number of unbranched alkanes of at least 4 members (excludes halogenated alkanes) is 3. The summed E-state index contributed by atoms with van der Waals surface area (Å²) in [5.74, 6) is 0. The molecule has 0 bridgehead atoms. The van der Waals surface area contributed by atoms with E-state index < -0.39 is 15.5 Å². The van der Waals surface area contributed by atoms with Crippen LogP contribution in [0.15, 0.2) is 4.52 Å². The van der Waals surface area contributed by atoms with Crippen LogP contribution >= 0.6 is 15.5 Å². The number of nitrogens with zero attached hydrogens (tertiary/aromatic N) is 1. The minimum Gasteiger partial charge on any atom is -0.302 e. The van der Waals surface area contributed by atoms with Crippen molar-refractivity contribution >= 4 is 15.5 Å². The molecule has 0 unspecified atom stereocenters. The lowest BCUT2D eigenvalue weighted by molar-refractivity contribution is 0.131. The van der Waals surface area contributed by atoms with Crippen molar-refractivity contribution in [3.05, 3.63) is 0 Å². The molecule has 0 aliphatic heterocycles. The minimum absolute atomic E-state index is 0.317. The average molecular weight is 429 g/mol. The molecule has 0 saturated heterocycles. The van der Waals surface area contributed by atoms with Crippen molar-refractivity contribution in [3.8, 4) is 0 Å². The molecule has 0 N–H and O–H groups in total. The maximum absolute atomic E-state index is 13.3. The first kappa shape index (κ1) is 27.3. The molecule has 0 aromatic heterocycles. The van der Waals surface area contributed by atoms with Crippen LogP contribution < -0.4 is 0 Å². The van der Waals surface area contributed by atoms with Gasteiger partial charge in [0.1, 0.15) is 0 Å². The molecular weight excluding hydrogens is 388 g/mol. The molecule has 0 fully saturated rings. The predicted octanol–water partition coefficient (Wildman–Crippen LogP) is 7.34. The van der Waals surface area contributed by atoms with E-state index >= 15 is 0 Å². The SMILES string of the molecule is CCCCOP(=NP(=O)(OC(C)C)OC(C)C)(OCCCC)OCCCC. The van der Waals surface area contributed by atoms with E-state index in [1.165, 1.54) is 0 Å². The van der Waals surface area contributed by atoms with Gasteiger partial charge >= 0.3 is 15.5 Å². The Morgan fingerprint density at radius 1 is 0.704 bits per heavy atom. The summed E-state index contributed by atoms with van der Waals surface area (Å²) in [5, 5.41) is 0. The van der Waals surface area contributed by atoms with Crippen molar-refractivity contribution in [2.24, 2.45) is 4.52 Å². The second-order valence-corrected chi connectivity index (χ2v) is 10.7. The lowest BCUT2D eigenvalue weighted by Gasteiger charge is -2.27. The summed E-state index contributed by atoms with van der Waals surface area (Å²) in [5.41, 5.74) is 0. The van der Waals surface area contributed by atoms with Crippen molar-refractivity contribution < 1.29 is 27.2 Å². The van der Waals surface area contributed by atoms with Gasteiger partial charge in [-0.05, 0) is 47.0 Å². The van der Waals surface area contributed by atoms with E-state index in [1.807, 2.05) is 0 Å². The summed E-state index contributed by atoms with van der Waals surface area (Å²) >= 11 is 0. The van der Waals surface area contributed by atoms with Crippen LogP contribution in [0, 0.1) is 0 Å². The van der Waals surface area contributed by atoms with Gasteiger partial charge in [-0.1, -0.05) is 40.0 Å². The molecule has 0 spiro atoms. The van der Waals surface area contributed by atoms with Crippen LogP contribution in [-0.2, 0) is 27.2 Å². The van der Waals surface area contributed by atoms with Gasteiger partial charge in [0.15, 0.2) is 0 Å². The molecular formula is C18H41NO6P2. The predicted molar refractivity (Wildman–Crippen MR) is 112 cm³/mol. The maximum atomic E-state index is 13.3. The standard InChI is InChI=1S/C18H41NO6P2/c1-8-11-14-21-27(22-15-12-9-2,23-16-13-10-3)19-26(20,24-17(4)5)25-18(6)7/h17-18H,8-16H2,1-7H3. The molecule has 0 atom stereocenters. The Kier molecular flexibility index (Phi) is 15.3. The zero-order valence-corrected chi connectivity index (χ0v) is 20.1. The zero-order valence-electron chi connectivity index (χ0n) is 18.3. The van der Waals surface area contributed by atoms with Gasteiger partial charge in [-0.15, -0.1) is 4.52 Å². The highest BCUT2D eigenvalue weighted by Gasteiger charge is 2.36. The molecule has 9 heteroatoms. The molecule has 164 valence electrons. The van der Waals surface area contributed by atoms with E-state index in [4.69, 9.17) is 22.6 Å². The largest absolute Gasteiger partial charge is 0.458 e. The Balaban J connectivity index is 5.87. The van der Waals surface area contributed by atoms with Crippen LogP contribution in [0.2, 0.25) is 0 Å². The summed E-state index contributed by atoms with van der Waals surface area (Å²) in [7, 11) is -7.01. The van der Waals surface area contributed by atoms with Crippen LogP contribution in [0.3, 0.4) is 0 Å². The highest BCUT2D eigenvalue weighted by Crippen LogP contribution is 2.66. The number of hydrogen-bond acceptors (Lipinski definition) is 6. The molecule has 7 nitrogen and oxygen atoms in total. The number of hydrogen-bond donors (Lipinski definition) is 0. The summed E-state index contributed by atoms with van der Waals surface area (Å²) in [4.78, 5) is 0. The van der Waals surface area contributed by atoms with E-state index in [9.17, 15) is 4.57 Å². The molecule has 0 aliphatic carbocycles. The zero-order chi connectivity index (χ0) is 20.8. The average Bonchev–Trinajstić information content (AvgIpc) is 2.53. The minimum atomic E-state index is -3.80. The third-order valence-corrected chi connectivity index (χ3v) is 7.82. The lowest BCUT2D eigenvalue weighted by atomic mass is 10.4. The van der Waals surface area contributed by atoms with Crippen molar-refractivity contribution in [3.63, 3.8) is 0 Å². The molecule has 0 amide bonds. The Labute approximate surface area is 166 Å². The molecule has 0 aromatic rings. The Morgan fingerprint density at radius 3 is 1.30 bits per heavy atom. The molecule has 27 heavy (non-hydrogen) atoms. The van der Waals surface area contributed by atoms with Gasteiger partial charge < -0.3 is 13.6 Å². The van der Waals surface area contributed by atoms with Gasteiger partial charge in [-0.2, -0.15) is 0 Å².